The maximum absolute atomic E-state index is 11.5. The number of anilines is 1. The molecule has 0 bridgehead atoms. The van der Waals surface area contributed by atoms with Crippen LogP contribution >= 0.6 is 11.3 Å². The monoisotopic (exact) mass is 422 g/mol. The quantitative estimate of drug-likeness (QED) is 0.436. The van der Waals surface area contributed by atoms with Crippen LogP contribution in [0.1, 0.15) is 22.2 Å². The Kier molecular flexibility index (Phi) is 5.67. The molecule has 0 aliphatic carbocycles. The molecule has 0 aliphatic rings. The molecule has 0 saturated heterocycles. The highest BCUT2D eigenvalue weighted by Gasteiger charge is 2.18. The van der Waals surface area contributed by atoms with Gasteiger partial charge in [0.25, 0.3) is 0 Å². The lowest BCUT2D eigenvalue weighted by Gasteiger charge is -2.06. The molecule has 8 heteroatoms. The van der Waals surface area contributed by atoms with E-state index < -0.39 is 5.97 Å². The molecular formula is C22H22N4O3S. The van der Waals surface area contributed by atoms with Crippen molar-refractivity contribution in [1.82, 2.24) is 14.5 Å². The van der Waals surface area contributed by atoms with Gasteiger partial charge in [0.15, 0.2) is 4.88 Å². The van der Waals surface area contributed by atoms with Crippen LogP contribution in [0.5, 0.6) is 5.75 Å². The number of aromatic carboxylic acids is 1. The third kappa shape index (κ3) is 3.99. The highest BCUT2D eigenvalue weighted by atomic mass is 32.1. The molecule has 3 aromatic heterocycles. The first-order valence-electron chi connectivity index (χ1n) is 9.66. The molecule has 3 heterocycles. The largest absolute Gasteiger partial charge is 0.492 e. The fourth-order valence-electron chi connectivity index (χ4n) is 3.45. The van der Waals surface area contributed by atoms with Gasteiger partial charge in [-0.05, 0) is 25.0 Å². The maximum Gasteiger partial charge on any atom is 0.349 e. The summed E-state index contributed by atoms with van der Waals surface area (Å²) < 4.78 is 7.59. The van der Waals surface area contributed by atoms with E-state index in [0.717, 1.165) is 29.2 Å². The number of nitrogens with zero attached hydrogens (tertiary/aromatic N) is 3. The van der Waals surface area contributed by atoms with Crippen molar-refractivity contribution in [3.8, 4) is 16.3 Å². The fraction of sp³-hybridized carbons (Fsp3) is 0.227. The van der Waals surface area contributed by atoms with Crippen molar-refractivity contribution in [3.63, 3.8) is 0 Å². The third-order valence-electron chi connectivity index (χ3n) is 4.79. The molecule has 0 atom stereocenters. The van der Waals surface area contributed by atoms with Gasteiger partial charge < -0.3 is 19.7 Å². The molecule has 1 aromatic carbocycles. The Morgan fingerprint density at radius 2 is 2.10 bits per heavy atom. The molecule has 154 valence electrons. The van der Waals surface area contributed by atoms with Crippen LogP contribution in [0.25, 0.3) is 21.5 Å². The van der Waals surface area contributed by atoms with E-state index in [0.29, 0.717) is 23.9 Å². The number of carbonyl (C=O) groups is 1. The van der Waals surface area contributed by atoms with E-state index in [4.69, 9.17) is 4.74 Å². The van der Waals surface area contributed by atoms with E-state index in [2.05, 4.69) is 51.3 Å². The smallest absolute Gasteiger partial charge is 0.349 e. The van der Waals surface area contributed by atoms with Crippen molar-refractivity contribution >= 4 is 34.0 Å². The Hall–Kier alpha value is -3.39. The minimum Gasteiger partial charge on any atom is -0.492 e. The molecule has 4 rings (SSSR count). The zero-order valence-electron chi connectivity index (χ0n) is 16.8. The van der Waals surface area contributed by atoms with Crippen LogP contribution in [0.3, 0.4) is 0 Å². The lowest BCUT2D eigenvalue weighted by molar-refractivity contribution is 0.0698. The summed E-state index contributed by atoms with van der Waals surface area (Å²) >= 11 is 1.15. The number of aryl methyl sites for hydroxylation is 1. The Morgan fingerprint density at radius 1 is 1.27 bits per heavy atom. The average Bonchev–Trinajstić information content (AvgIpc) is 3.31. The Labute approximate surface area is 178 Å². The SMILES string of the molecule is CCOc1cc(-c2cc(NCCc3cn(C)c4ccccc34)ncn2)sc1C(=O)O. The van der Waals surface area contributed by atoms with Crippen molar-refractivity contribution in [2.45, 2.75) is 13.3 Å². The van der Waals surface area contributed by atoms with Gasteiger partial charge in [-0.15, -0.1) is 11.3 Å². The Morgan fingerprint density at radius 3 is 2.90 bits per heavy atom. The summed E-state index contributed by atoms with van der Waals surface area (Å²) in [6.07, 6.45) is 4.50. The summed E-state index contributed by atoms with van der Waals surface area (Å²) in [5.74, 6) is 0.0646. The predicted octanol–water partition coefficient (Wildman–Crippen LogP) is 4.45. The predicted molar refractivity (Wildman–Crippen MR) is 119 cm³/mol. The van der Waals surface area contributed by atoms with Gasteiger partial charge in [0.05, 0.1) is 17.2 Å². The normalized spacial score (nSPS) is 11.0. The van der Waals surface area contributed by atoms with Gasteiger partial charge in [0.2, 0.25) is 0 Å². The summed E-state index contributed by atoms with van der Waals surface area (Å²) in [4.78, 5) is 21.0. The molecule has 4 aromatic rings. The standard InChI is InChI=1S/C22H22N4O3S/c1-3-29-18-11-19(30-21(18)22(27)28)16-10-20(25-13-24-16)23-9-8-14-12-26(2)17-7-5-4-6-15(14)17/h4-7,10-13H,3,8-9H2,1-2H3,(H,27,28)(H,23,24,25). The molecule has 7 nitrogen and oxygen atoms in total. The van der Waals surface area contributed by atoms with Gasteiger partial charge in [-0.25, -0.2) is 14.8 Å². The van der Waals surface area contributed by atoms with Crippen LogP contribution in [-0.2, 0) is 13.5 Å². The minimum atomic E-state index is -1.00. The van der Waals surface area contributed by atoms with Crippen LogP contribution in [0.15, 0.2) is 48.9 Å². The number of thiophene rings is 1. The number of ether oxygens (including phenoxy) is 1. The average molecular weight is 423 g/mol. The number of aromatic nitrogens is 3. The van der Waals surface area contributed by atoms with Crippen LogP contribution in [0.4, 0.5) is 5.82 Å². The van der Waals surface area contributed by atoms with Gasteiger partial charge >= 0.3 is 5.97 Å². The zero-order chi connectivity index (χ0) is 21.1. The number of nitrogens with one attached hydrogen (secondary N) is 1. The minimum absolute atomic E-state index is 0.177. The second kappa shape index (κ2) is 8.54. The van der Waals surface area contributed by atoms with E-state index in [-0.39, 0.29) is 4.88 Å². The molecular weight excluding hydrogens is 400 g/mol. The van der Waals surface area contributed by atoms with Gasteiger partial charge in [-0.1, -0.05) is 18.2 Å². The molecule has 0 amide bonds. The van der Waals surface area contributed by atoms with E-state index in [1.165, 1.54) is 22.8 Å². The first-order chi connectivity index (χ1) is 14.6. The molecule has 0 saturated carbocycles. The van der Waals surface area contributed by atoms with E-state index in [1.807, 2.05) is 19.1 Å². The van der Waals surface area contributed by atoms with Gasteiger partial charge in [-0.3, -0.25) is 0 Å². The molecule has 0 spiro atoms. The summed E-state index contributed by atoms with van der Waals surface area (Å²) in [6, 6.07) is 11.9. The van der Waals surface area contributed by atoms with Gasteiger partial charge in [-0.2, -0.15) is 0 Å². The van der Waals surface area contributed by atoms with Gasteiger partial charge in [0.1, 0.15) is 17.9 Å². The molecule has 0 radical (unpaired) electrons. The molecule has 0 unspecified atom stereocenters. The van der Waals surface area contributed by atoms with E-state index in [1.54, 1.807) is 6.07 Å². The lowest BCUT2D eigenvalue weighted by Crippen LogP contribution is -2.06. The first-order valence-corrected chi connectivity index (χ1v) is 10.5. The number of fused-ring (bicyclic) bond motifs is 1. The van der Waals surface area contributed by atoms with Crippen molar-refractivity contribution in [3.05, 3.63) is 59.4 Å². The van der Waals surface area contributed by atoms with E-state index in [9.17, 15) is 9.90 Å². The number of carboxylic acids is 1. The maximum atomic E-state index is 11.5. The summed E-state index contributed by atoms with van der Waals surface area (Å²) in [7, 11) is 2.05. The summed E-state index contributed by atoms with van der Waals surface area (Å²) in [6.45, 7) is 2.95. The van der Waals surface area contributed by atoms with Crippen LogP contribution < -0.4 is 10.1 Å². The zero-order valence-corrected chi connectivity index (χ0v) is 17.6. The lowest BCUT2D eigenvalue weighted by atomic mass is 10.1. The number of carboxylic acid groups (broad SMARTS) is 1. The van der Waals surface area contributed by atoms with Crippen LogP contribution in [0, 0.1) is 0 Å². The van der Waals surface area contributed by atoms with Crippen LogP contribution in [-0.4, -0.2) is 38.8 Å². The van der Waals surface area contributed by atoms with Gasteiger partial charge in [0, 0.05) is 42.8 Å². The Balaban J connectivity index is 1.49. The summed E-state index contributed by atoms with van der Waals surface area (Å²) in [5.41, 5.74) is 3.16. The van der Waals surface area contributed by atoms with Crippen LogP contribution in [0.2, 0.25) is 0 Å². The number of hydrogen-bond acceptors (Lipinski definition) is 6. The number of rotatable bonds is 8. The molecule has 0 fully saturated rings. The molecule has 30 heavy (non-hydrogen) atoms. The second-order valence-corrected chi connectivity index (χ2v) is 7.84. The first kappa shape index (κ1) is 19.9. The molecule has 0 aliphatic heterocycles. The Bertz CT molecular complexity index is 1200. The summed E-state index contributed by atoms with van der Waals surface area (Å²) in [5, 5.41) is 14.0. The highest BCUT2D eigenvalue weighted by Crippen LogP contribution is 2.36. The highest BCUT2D eigenvalue weighted by molar-refractivity contribution is 7.17. The second-order valence-electron chi connectivity index (χ2n) is 6.79. The van der Waals surface area contributed by atoms with Crippen molar-refractivity contribution < 1.29 is 14.6 Å². The number of benzene rings is 1. The third-order valence-corrected chi connectivity index (χ3v) is 5.92. The fourth-order valence-corrected chi connectivity index (χ4v) is 4.36. The van der Waals surface area contributed by atoms with Crippen molar-refractivity contribution in [2.24, 2.45) is 7.05 Å². The number of hydrogen-bond donors (Lipinski definition) is 2. The van der Waals surface area contributed by atoms with E-state index >= 15 is 0 Å². The molecule has 2 N–H and O–H groups in total. The topological polar surface area (TPSA) is 89.3 Å². The van der Waals surface area contributed by atoms with Crippen molar-refractivity contribution in [1.29, 1.82) is 0 Å². The van der Waals surface area contributed by atoms with Crippen molar-refractivity contribution in [2.75, 3.05) is 18.5 Å². The number of para-hydroxylation sites is 1.